The number of anilines is 1. The third-order valence-electron chi connectivity index (χ3n) is 3.13. The first-order valence-electron chi connectivity index (χ1n) is 7.03. The SMILES string of the molecule is CCc1ccc(C(=O)OC(C)C(=O)Nc2cc(C)on2)cc1. The van der Waals surface area contributed by atoms with Crippen molar-refractivity contribution in [2.75, 3.05) is 5.32 Å². The van der Waals surface area contributed by atoms with Crippen LogP contribution in [-0.2, 0) is 16.0 Å². The first kappa shape index (κ1) is 15.8. The van der Waals surface area contributed by atoms with Crippen LogP contribution in [0.4, 0.5) is 5.82 Å². The molecule has 2 aromatic rings. The first-order valence-corrected chi connectivity index (χ1v) is 7.03. The lowest BCUT2D eigenvalue weighted by Gasteiger charge is -2.12. The van der Waals surface area contributed by atoms with Gasteiger partial charge in [-0.15, -0.1) is 0 Å². The fourth-order valence-corrected chi connectivity index (χ4v) is 1.81. The predicted molar refractivity (Wildman–Crippen MR) is 80.6 cm³/mol. The molecule has 116 valence electrons. The van der Waals surface area contributed by atoms with Crippen LogP contribution in [0.15, 0.2) is 34.9 Å². The van der Waals surface area contributed by atoms with Crippen molar-refractivity contribution in [3.05, 3.63) is 47.2 Å². The summed E-state index contributed by atoms with van der Waals surface area (Å²) in [5.74, 6) is -0.137. The Morgan fingerprint density at radius 2 is 2.00 bits per heavy atom. The van der Waals surface area contributed by atoms with Crippen LogP contribution in [-0.4, -0.2) is 23.1 Å². The van der Waals surface area contributed by atoms with Gasteiger partial charge in [-0.25, -0.2) is 4.79 Å². The normalized spacial score (nSPS) is 11.8. The van der Waals surface area contributed by atoms with Crippen LogP contribution in [0.2, 0.25) is 0 Å². The monoisotopic (exact) mass is 302 g/mol. The van der Waals surface area contributed by atoms with Gasteiger partial charge in [0.05, 0.1) is 5.56 Å². The molecule has 0 spiro atoms. The van der Waals surface area contributed by atoms with Gasteiger partial charge in [0.25, 0.3) is 5.91 Å². The number of aromatic nitrogens is 1. The topological polar surface area (TPSA) is 81.4 Å². The van der Waals surface area contributed by atoms with Crippen LogP contribution in [0.3, 0.4) is 0 Å². The average Bonchev–Trinajstić information content (AvgIpc) is 2.92. The summed E-state index contributed by atoms with van der Waals surface area (Å²) < 4.78 is 9.99. The van der Waals surface area contributed by atoms with Gasteiger partial charge in [-0.2, -0.15) is 0 Å². The number of hydrogen-bond acceptors (Lipinski definition) is 5. The molecule has 0 saturated heterocycles. The van der Waals surface area contributed by atoms with Crippen molar-refractivity contribution in [3.8, 4) is 0 Å². The number of nitrogens with one attached hydrogen (secondary N) is 1. The minimum Gasteiger partial charge on any atom is -0.449 e. The minimum absolute atomic E-state index is 0.290. The summed E-state index contributed by atoms with van der Waals surface area (Å²) in [5, 5.41) is 6.16. The molecule has 0 aliphatic heterocycles. The lowest BCUT2D eigenvalue weighted by Crippen LogP contribution is -2.30. The molecule has 2 rings (SSSR count). The highest BCUT2D eigenvalue weighted by Crippen LogP contribution is 2.10. The molecule has 1 amide bonds. The minimum atomic E-state index is -0.935. The van der Waals surface area contributed by atoms with E-state index in [0.717, 1.165) is 12.0 Å². The molecular formula is C16H18N2O4. The number of carbonyl (C=O) groups is 2. The zero-order valence-corrected chi connectivity index (χ0v) is 12.8. The molecule has 0 bridgehead atoms. The highest BCUT2D eigenvalue weighted by molar-refractivity contribution is 5.96. The third-order valence-corrected chi connectivity index (χ3v) is 3.13. The largest absolute Gasteiger partial charge is 0.449 e. The van der Waals surface area contributed by atoms with E-state index in [0.29, 0.717) is 11.3 Å². The van der Waals surface area contributed by atoms with E-state index in [9.17, 15) is 9.59 Å². The molecular weight excluding hydrogens is 284 g/mol. The van der Waals surface area contributed by atoms with E-state index in [1.54, 1.807) is 25.1 Å². The number of nitrogens with zero attached hydrogens (tertiary/aromatic N) is 1. The molecule has 0 saturated carbocycles. The second-order valence-corrected chi connectivity index (χ2v) is 4.91. The Bertz CT molecular complexity index is 661. The van der Waals surface area contributed by atoms with Gasteiger partial charge in [0.1, 0.15) is 5.76 Å². The smallest absolute Gasteiger partial charge is 0.338 e. The Balaban J connectivity index is 1.93. The summed E-state index contributed by atoms with van der Waals surface area (Å²) in [6.45, 7) is 5.25. The zero-order chi connectivity index (χ0) is 16.1. The average molecular weight is 302 g/mol. The molecule has 0 aliphatic carbocycles. The number of esters is 1. The number of aryl methyl sites for hydroxylation is 2. The molecule has 6 heteroatoms. The summed E-state index contributed by atoms with van der Waals surface area (Å²) in [7, 11) is 0. The Hall–Kier alpha value is -2.63. The van der Waals surface area contributed by atoms with Crippen molar-refractivity contribution >= 4 is 17.7 Å². The van der Waals surface area contributed by atoms with Gasteiger partial charge >= 0.3 is 5.97 Å². The molecule has 0 aliphatic rings. The fourth-order valence-electron chi connectivity index (χ4n) is 1.81. The van der Waals surface area contributed by atoms with E-state index in [1.165, 1.54) is 6.92 Å². The number of amides is 1. The van der Waals surface area contributed by atoms with Crippen molar-refractivity contribution in [1.82, 2.24) is 5.16 Å². The standard InChI is InChI=1S/C16H18N2O4/c1-4-12-5-7-13(8-6-12)16(20)21-11(3)15(19)17-14-9-10(2)22-18-14/h5-9,11H,4H2,1-3H3,(H,17,18,19). The summed E-state index contributed by atoms with van der Waals surface area (Å²) in [6, 6.07) is 8.68. The molecule has 22 heavy (non-hydrogen) atoms. The van der Waals surface area contributed by atoms with Crippen LogP contribution in [0.5, 0.6) is 0 Å². The summed E-state index contributed by atoms with van der Waals surface area (Å²) in [4.78, 5) is 23.9. The second kappa shape index (κ2) is 6.89. The molecule has 1 N–H and O–H groups in total. The van der Waals surface area contributed by atoms with Crippen LogP contribution >= 0.6 is 0 Å². The van der Waals surface area contributed by atoms with E-state index in [-0.39, 0.29) is 5.82 Å². The predicted octanol–water partition coefficient (Wildman–Crippen LogP) is 2.73. The maximum absolute atomic E-state index is 12.0. The molecule has 0 radical (unpaired) electrons. The van der Waals surface area contributed by atoms with Crippen LogP contribution in [0.25, 0.3) is 0 Å². The van der Waals surface area contributed by atoms with Crippen molar-refractivity contribution < 1.29 is 18.8 Å². The maximum atomic E-state index is 12.0. The van der Waals surface area contributed by atoms with Crippen molar-refractivity contribution in [2.24, 2.45) is 0 Å². The zero-order valence-electron chi connectivity index (χ0n) is 12.8. The van der Waals surface area contributed by atoms with Crippen molar-refractivity contribution in [1.29, 1.82) is 0 Å². The Morgan fingerprint density at radius 1 is 1.32 bits per heavy atom. The Morgan fingerprint density at radius 3 is 2.55 bits per heavy atom. The van der Waals surface area contributed by atoms with Gasteiger partial charge in [-0.05, 0) is 38.0 Å². The molecule has 1 unspecified atom stereocenters. The van der Waals surface area contributed by atoms with Gasteiger partial charge in [0.2, 0.25) is 0 Å². The van der Waals surface area contributed by atoms with E-state index in [1.807, 2.05) is 19.1 Å². The number of ether oxygens (including phenoxy) is 1. The summed E-state index contributed by atoms with van der Waals surface area (Å²) >= 11 is 0. The lowest BCUT2D eigenvalue weighted by atomic mass is 10.1. The number of carbonyl (C=O) groups excluding carboxylic acids is 2. The number of rotatable bonds is 5. The lowest BCUT2D eigenvalue weighted by molar-refractivity contribution is -0.123. The Kier molecular flexibility index (Phi) is 4.93. The second-order valence-electron chi connectivity index (χ2n) is 4.91. The van der Waals surface area contributed by atoms with E-state index in [4.69, 9.17) is 9.26 Å². The molecule has 1 aromatic carbocycles. The summed E-state index contributed by atoms with van der Waals surface area (Å²) in [5.41, 5.74) is 1.54. The number of benzene rings is 1. The molecule has 6 nitrogen and oxygen atoms in total. The van der Waals surface area contributed by atoms with Gasteiger partial charge in [-0.3, -0.25) is 4.79 Å². The van der Waals surface area contributed by atoms with Gasteiger partial charge < -0.3 is 14.6 Å². The van der Waals surface area contributed by atoms with E-state index in [2.05, 4.69) is 10.5 Å². The number of hydrogen-bond donors (Lipinski definition) is 1. The van der Waals surface area contributed by atoms with Crippen LogP contribution in [0, 0.1) is 6.92 Å². The van der Waals surface area contributed by atoms with E-state index < -0.39 is 18.0 Å². The highest BCUT2D eigenvalue weighted by atomic mass is 16.5. The van der Waals surface area contributed by atoms with Gasteiger partial charge in [0.15, 0.2) is 11.9 Å². The molecule has 0 fully saturated rings. The van der Waals surface area contributed by atoms with Gasteiger partial charge in [-0.1, -0.05) is 24.2 Å². The molecule has 1 heterocycles. The highest BCUT2D eigenvalue weighted by Gasteiger charge is 2.20. The fraction of sp³-hybridized carbons (Fsp3) is 0.312. The van der Waals surface area contributed by atoms with E-state index >= 15 is 0 Å². The third kappa shape index (κ3) is 3.94. The molecule has 1 atom stereocenters. The quantitative estimate of drug-likeness (QED) is 0.859. The first-order chi connectivity index (χ1) is 10.5. The molecule has 1 aromatic heterocycles. The van der Waals surface area contributed by atoms with Crippen LogP contribution < -0.4 is 5.32 Å². The maximum Gasteiger partial charge on any atom is 0.338 e. The van der Waals surface area contributed by atoms with Crippen molar-refractivity contribution in [2.45, 2.75) is 33.3 Å². The van der Waals surface area contributed by atoms with Crippen LogP contribution in [0.1, 0.15) is 35.5 Å². The van der Waals surface area contributed by atoms with Crippen molar-refractivity contribution in [3.63, 3.8) is 0 Å². The summed E-state index contributed by atoms with van der Waals surface area (Å²) in [6.07, 6.45) is -0.0408. The Labute approximate surface area is 128 Å². The van der Waals surface area contributed by atoms with Gasteiger partial charge in [0, 0.05) is 6.07 Å².